The fourth-order valence-electron chi connectivity index (χ4n) is 1.92. The number of rotatable bonds is 4. The Morgan fingerprint density at radius 1 is 1.40 bits per heavy atom. The number of hydrogen-bond donors (Lipinski definition) is 1. The van der Waals surface area contributed by atoms with Crippen molar-refractivity contribution in [2.45, 2.75) is 19.8 Å². The van der Waals surface area contributed by atoms with Crippen LogP contribution in [0.5, 0.6) is 5.88 Å². The molecular weight excluding hydrogens is 258 g/mol. The number of carboxylic acids is 1. The number of aromatic nitrogens is 3. The number of nitrogens with zero attached hydrogens (tertiary/aromatic N) is 3. The highest BCUT2D eigenvalue weighted by molar-refractivity contribution is 5.94. The zero-order valence-corrected chi connectivity index (χ0v) is 11.9. The third kappa shape index (κ3) is 2.49. The Morgan fingerprint density at radius 3 is 2.60 bits per heavy atom. The number of hydrogen-bond acceptors (Lipinski definition) is 4. The molecule has 0 unspecified atom stereocenters. The van der Waals surface area contributed by atoms with E-state index in [1.807, 2.05) is 19.9 Å². The van der Waals surface area contributed by atoms with Gasteiger partial charge >= 0.3 is 5.97 Å². The molecule has 0 atom stereocenters. The highest BCUT2D eigenvalue weighted by Gasteiger charge is 2.19. The van der Waals surface area contributed by atoms with Gasteiger partial charge in [0.1, 0.15) is 5.69 Å². The molecule has 0 bridgehead atoms. The molecule has 0 aliphatic carbocycles. The molecule has 0 spiro atoms. The van der Waals surface area contributed by atoms with E-state index in [1.165, 1.54) is 19.2 Å². The Balaban J connectivity index is 2.63. The molecule has 0 radical (unpaired) electrons. The van der Waals surface area contributed by atoms with Gasteiger partial charge in [-0.25, -0.2) is 9.78 Å². The topological polar surface area (TPSA) is 77.2 Å². The SMILES string of the molecule is COc1ccc(C(=O)O)c(-c2cc(C(C)C)nn2C)n1. The van der Waals surface area contributed by atoms with Crippen molar-refractivity contribution in [3.05, 3.63) is 29.5 Å². The summed E-state index contributed by atoms with van der Waals surface area (Å²) in [5.41, 5.74) is 2.04. The predicted molar refractivity (Wildman–Crippen MR) is 74.0 cm³/mol. The molecule has 0 fully saturated rings. The van der Waals surface area contributed by atoms with Crippen LogP contribution in [0.2, 0.25) is 0 Å². The Kier molecular flexibility index (Phi) is 3.74. The van der Waals surface area contributed by atoms with E-state index < -0.39 is 5.97 Å². The lowest BCUT2D eigenvalue weighted by Gasteiger charge is -2.07. The van der Waals surface area contributed by atoms with Crippen molar-refractivity contribution >= 4 is 5.97 Å². The van der Waals surface area contributed by atoms with Gasteiger partial charge in [0.25, 0.3) is 0 Å². The monoisotopic (exact) mass is 275 g/mol. The first kappa shape index (κ1) is 14.0. The van der Waals surface area contributed by atoms with Crippen molar-refractivity contribution in [3.8, 4) is 17.3 Å². The minimum atomic E-state index is -1.03. The Hall–Kier alpha value is -2.37. The summed E-state index contributed by atoms with van der Waals surface area (Å²) in [5.74, 6) is -0.395. The van der Waals surface area contributed by atoms with E-state index in [0.29, 0.717) is 17.3 Å². The molecule has 0 saturated heterocycles. The van der Waals surface area contributed by atoms with Crippen LogP contribution in [0.15, 0.2) is 18.2 Å². The van der Waals surface area contributed by atoms with Crippen LogP contribution in [0.3, 0.4) is 0 Å². The molecule has 6 heteroatoms. The van der Waals surface area contributed by atoms with E-state index in [9.17, 15) is 9.90 Å². The minimum absolute atomic E-state index is 0.129. The number of aromatic carboxylic acids is 1. The number of pyridine rings is 1. The number of methoxy groups -OCH3 is 1. The maximum Gasteiger partial charge on any atom is 0.337 e. The summed E-state index contributed by atoms with van der Waals surface area (Å²) in [4.78, 5) is 15.6. The minimum Gasteiger partial charge on any atom is -0.481 e. The van der Waals surface area contributed by atoms with E-state index in [2.05, 4.69) is 10.1 Å². The van der Waals surface area contributed by atoms with Crippen LogP contribution in [-0.2, 0) is 7.05 Å². The lowest BCUT2D eigenvalue weighted by Crippen LogP contribution is -2.05. The summed E-state index contributed by atoms with van der Waals surface area (Å²) in [6, 6.07) is 4.89. The average molecular weight is 275 g/mol. The Labute approximate surface area is 117 Å². The molecular formula is C14H17N3O3. The van der Waals surface area contributed by atoms with E-state index in [-0.39, 0.29) is 11.5 Å². The third-order valence-electron chi connectivity index (χ3n) is 3.04. The zero-order valence-electron chi connectivity index (χ0n) is 11.9. The summed E-state index contributed by atoms with van der Waals surface area (Å²) in [6.07, 6.45) is 0. The van der Waals surface area contributed by atoms with Gasteiger partial charge in [0.2, 0.25) is 5.88 Å². The van der Waals surface area contributed by atoms with Gasteiger partial charge in [0.15, 0.2) is 0 Å². The summed E-state index contributed by atoms with van der Waals surface area (Å²) >= 11 is 0. The van der Waals surface area contributed by atoms with Crippen LogP contribution < -0.4 is 4.74 Å². The third-order valence-corrected chi connectivity index (χ3v) is 3.04. The smallest absolute Gasteiger partial charge is 0.337 e. The van der Waals surface area contributed by atoms with Crippen molar-refractivity contribution in [2.75, 3.05) is 7.11 Å². The van der Waals surface area contributed by atoms with Gasteiger partial charge in [-0.2, -0.15) is 5.10 Å². The molecule has 106 valence electrons. The van der Waals surface area contributed by atoms with Crippen molar-refractivity contribution in [1.29, 1.82) is 0 Å². The van der Waals surface area contributed by atoms with Crippen LogP contribution in [-0.4, -0.2) is 33.0 Å². The van der Waals surface area contributed by atoms with E-state index in [4.69, 9.17) is 4.74 Å². The molecule has 0 aliphatic heterocycles. The van der Waals surface area contributed by atoms with Crippen molar-refractivity contribution in [2.24, 2.45) is 7.05 Å². The summed E-state index contributed by atoms with van der Waals surface area (Å²) in [7, 11) is 3.27. The quantitative estimate of drug-likeness (QED) is 0.926. The van der Waals surface area contributed by atoms with E-state index >= 15 is 0 Å². The zero-order chi connectivity index (χ0) is 14.9. The molecule has 0 amide bonds. The fraction of sp³-hybridized carbons (Fsp3) is 0.357. The summed E-state index contributed by atoms with van der Waals surface area (Å²) < 4.78 is 6.71. The molecule has 2 aromatic rings. The predicted octanol–water partition coefficient (Wildman–Crippen LogP) is 2.31. The lowest BCUT2D eigenvalue weighted by molar-refractivity contribution is 0.0697. The molecule has 2 heterocycles. The maximum absolute atomic E-state index is 11.3. The van der Waals surface area contributed by atoms with Gasteiger partial charge in [-0.05, 0) is 18.1 Å². The van der Waals surface area contributed by atoms with E-state index in [1.54, 1.807) is 11.7 Å². The molecule has 6 nitrogen and oxygen atoms in total. The van der Waals surface area contributed by atoms with Crippen molar-refractivity contribution < 1.29 is 14.6 Å². The van der Waals surface area contributed by atoms with Gasteiger partial charge in [0, 0.05) is 13.1 Å². The second-order valence-electron chi connectivity index (χ2n) is 4.79. The first-order chi connectivity index (χ1) is 9.43. The van der Waals surface area contributed by atoms with Crippen LogP contribution in [0.4, 0.5) is 0 Å². The molecule has 0 aliphatic rings. The largest absolute Gasteiger partial charge is 0.481 e. The van der Waals surface area contributed by atoms with Crippen LogP contribution in [0, 0.1) is 0 Å². The van der Waals surface area contributed by atoms with Gasteiger partial charge < -0.3 is 9.84 Å². The number of aryl methyl sites for hydroxylation is 1. The number of carboxylic acid groups (broad SMARTS) is 1. The van der Waals surface area contributed by atoms with Crippen LogP contribution >= 0.6 is 0 Å². The molecule has 0 saturated carbocycles. The maximum atomic E-state index is 11.3. The van der Waals surface area contributed by atoms with Gasteiger partial charge in [-0.15, -0.1) is 0 Å². The Bertz CT molecular complexity index is 647. The van der Waals surface area contributed by atoms with Crippen LogP contribution in [0.1, 0.15) is 35.8 Å². The molecule has 1 N–H and O–H groups in total. The fourth-order valence-corrected chi connectivity index (χ4v) is 1.92. The second-order valence-corrected chi connectivity index (χ2v) is 4.79. The molecule has 20 heavy (non-hydrogen) atoms. The van der Waals surface area contributed by atoms with Crippen molar-refractivity contribution in [3.63, 3.8) is 0 Å². The highest BCUT2D eigenvalue weighted by Crippen LogP contribution is 2.26. The van der Waals surface area contributed by atoms with Crippen LogP contribution in [0.25, 0.3) is 11.4 Å². The first-order valence-electron chi connectivity index (χ1n) is 6.26. The lowest BCUT2D eigenvalue weighted by atomic mass is 10.1. The highest BCUT2D eigenvalue weighted by atomic mass is 16.5. The average Bonchev–Trinajstić information content (AvgIpc) is 2.80. The molecule has 2 aromatic heterocycles. The normalized spacial score (nSPS) is 10.8. The summed E-state index contributed by atoms with van der Waals surface area (Å²) in [5, 5.41) is 13.7. The second kappa shape index (κ2) is 5.32. The number of ether oxygens (including phenoxy) is 1. The van der Waals surface area contributed by atoms with E-state index in [0.717, 1.165) is 5.69 Å². The van der Waals surface area contributed by atoms with Gasteiger partial charge in [-0.3, -0.25) is 4.68 Å². The summed E-state index contributed by atoms with van der Waals surface area (Å²) in [6.45, 7) is 4.06. The molecule has 2 rings (SSSR count). The first-order valence-corrected chi connectivity index (χ1v) is 6.26. The molecule has 0 aromatic carbocycles. The standard InChI is InChI=1S/C14H17N3O3/c1-8(2)10-7-11(17(3)16-10)13-9(14(18)19)5-6-12(15-13)20-4/h5-8H,1-4H3,(H,18,19). The Morgan fingerprint density at radius 2 is 2.10 bits per heavy atom. The van der Waals surface area contributed by atoms with Gasteiger partial charge in [0.05, 0.1) is 24.1 Å². The number of carbonyl (C=O) groups is 1. The van der Waals surface area contributed by atoms with Gasteiger partial charge in [-0.1, -0.05) is 13.8 Å². The van der Waals surface area contributed by atoms with Crippen molar-refractivity contribution in [1.82, 2.24) is 14.8 Å².